The van der Waals surface area contributed by atoms with Crippen molar-refractivity contribution in [3.63, 3.8) is 0 Å². The van der Waals surface area contributed by atoms with Gasteiger partial charge in [-0.25, -0.2) is 0 Å². The average Bonchev–Trinajstić information content (AvgIpc) is 2.41. The molecule has 2 nitrogen and oxygen atoms in total. The number of hydrogen-bond acceptors (Lipinski definition) is 3. The topological polar surface area (TPSA) is 15.3 Å². The summed E-state index contributed by atoms with van der Waals surface area (Å²) in [6, 6.07) is 0. The molecule has 114 valence electrons. The van der Waals surface area contributed by atoms with E-state index < -0.39 is 0 Å². The van der Waals surface area contributed by atoms with Gasteiger partial charge in [0, 0.05) is 24.1 Å². The molecule has 1 saturated heterocycles. The molecule has 1 rings (SSSR count). The molecule has 0 aromatic heterocycles. The molecule has 1 fully saturated rings. The highest BCUT2D eigenvalue weighted by Gasteiger charge is 2.17. The van der Waals surface area contributed by atoms with Crippen molar-refractivity contribution in [2.45, 2.75) is 58.1 Å². The van der Waals surface area contributed by atoms with Crippen LogP contribution in [-0.2, 0) is 0 Å². The fourth-order valence-corrected chi connectivity index (χ4v) is 3.81. The third-order valence-corrected chi connectivity index (χ3v) is 5.18. The summed E-state index contributed by atoms with van der Waals surface area (Å²) in [7, 11) is 0. The maximum atomic E-state index is 3.53. The van der Waals surface area contributed by atoms with E-state index in [2.05, 4.69) is 42.7 Å². The average molecular weight is 287 g/mol. The van der Waals surface area contributed by atoms with Crippen molar-refractivity contribution in [3.8, 4) is 0 Å². The van der Waals surface area contributed by atoms with E-state index in [1.807, 2.05) is 0 Å². The van der Waals surface area contributed by atoms with Gasteiger partial charge in [0.1, 0.15) is 0 Å². The molecule has 0 aromatic carbocycles. The van der Waals surface area contributed by atoms with Crippen molar-refractivity contribution in [2.24, 2.45) is 5.92 Å². The van der Waals surface area contributed by atoms with E-state index in [-0.39, 0.29) is 0 Å². The third kappa shape index (κ3) is 8.93. The van der Waals surface area contributed by atoms with Crippen LogP contribution in [0.5, 0.6) is 0 Å². The van der Waals surface area contributed by atoms with E-state index >= 15 is 0 Å². The largest absolute Gasteiger partial charge is 0.316 e. The molecular formula is C16H34N2S. The van der Waals surface area contributed by atoms with Crippen molar-refractivity contribution in [1.29, 1.82) is 0 Å². The first-order valence-electron chi connectivity index (χ1n) is 8.27. The minimum absolute atomic E-state index is 0.781. The summed E-state index contributed by atoms with van der Waals surface area (Å²) in [4.78, 5) is 2.68. The lowest BCUT2D eigenvalue weighted by atomic mass is 10.1. The first-order chi connectivity index (χ1) is 9.22. The molecule has 0 aromatic rings. The van der Waals surface area contributed by atoms with Crippen LogP contribution in [0, 0.1) is 5.92 Å². The Morgan fingerprint density at radius 2 is 2.00 bits per heavy atom. The smallest absolute Gasteiger partial charge is 0.0172 e. The second-order valence-corrected chi connectivity index (χ2v) is 7.62. The van der Waals surface area contributed by atoms with Crippen molar-refractivity contribution in [1.82, 2.24) is 10.2 Å². The van der Waals surface area contributed by atoms with Gasteiger partial charge in [-0.15, -0.1) is 0 Å². The van der Waals surface area contributed by atoms with Crippen LogP contribution in [0.2, 0.25) is 0 Å². The predicted octanol–water partition coefficient (Wildman–Crippen LogP) is 3.62. The lowest BCUT2D eigenvalue weighted by Gasteiger charge is -2.31. The number of unbranched alkanes of at least 4 members (excludes halogenated alkanes) is 3. The summed E-state index contributed by atoms with van der Waals surface area (Å²) < 4.78 is 0. The van der Waals surface area contributed by atoms with Crippen LogP contribution < -0.4 is 5.32 Å². The number of hydrogen-bond donors (Lipinski definition) is 1. The molecule has 0 amide bonds. The molecule has 0 saturated carbocycles. The van der Waals surface area contributed by atoms with Crippen molar-refractivity contribution >= 4 is 11.8 Å². The predicted molar refractivity (Wildman–Crippen MR) is 89.2 cm³/mol. The van der Waals surface area contributed by atoms with E-state index in [0.717, 1.165) is 11.2 Å². The number of nitrogens with one attached hydrogen (secondary N) is 1. The molecule has 1 aliphatic heterocycles. The third-order valence-electron chi connectivity index (χ3n) is 3.81. The first-order valence-corrected chi connectivity index (χ1v) is 9.32. The Kier molecular flexibility index (Phi) is 10.0. The zero-order chi connectivity index (χ0) is 13.9. The van der Waals surface area contributed by atoms with Crippen molar-refractivity contribution in [3.05, 3.63) is 0 Å². The van der Waals surface area contributed by atoms with Crippen molar-refractivity contribution < 1.29 is 0 Å². The molecule has 0 radical (unpaired) electrons. The maximum Gasteiger partial charge on any atom is 0.0172 e. The molecule has 1 atom stereocenters. The van der Waals surface area contributed by atoms with Crippen LogP contribution in [0.1, 0.15) is 52.9 Å². The lowest BCUT2D eigenvalue weighted by molar-refractivity contribution is 0.274. The summed E-state index contributed by atoms with van der Waals surface area (Å²) in [5.41, 5.74) is 0. The minimum Gasteiger partial charge on any atom is -0.316 e. The Balaban J connectivity index is 1.87. The van der Waals surface area contributed by atoms with Gasteiger partial charge >= 0.3 is 0 Å². The molecule has 0 aliphatic carbocycles. The number of thioether (sulfide) groups is 1. The van der Waals surface area contributed by atoms with Crippen LogP contribution in [0.25, 0.3) is 0 Å². The molecule has 1 heterocycles. The lowest BCUT2D eigenvalue weighted by Crippen LogP contribution is -2.38. The van der Waals surface area contributed by atoms with Crippen molar-refractivity contribution in [2.75, 3.05) is 38.5 Å². The molecule has 1 N–H and O–H groups in total. The van der Waals surface area contributed by atoms with Gasteiger partial charge in [0.15, 0.2) is 0 Å². The summed E-state index contributed by atoms with van der Waals surface area (Å²) in [6.07, 6.45) is 6.88. The van der Waals surface area contributed by atoms with Crippen LogP contribution >= 0.6 is 11.8 Å². The van der Waals surface area contributed by atoms with Gasteiger partial charge in [0.2, 0.25) is 0 Å². The molecule has 1 aliphatic rings. The summed E-state index contributed by atoms with van der Waals surface area (Å²) in [5.74, 6) is 2.13. The zero-order valence-electron chi connectivity index (χ0n) is 13.3. The van der Waals surface area contributed by atoms with Gasteiger partial charge in [0.25, 0.3) is 0 Å². The fraction of sp³-hybridized carbons (Fsp3) is 1.00. The highest BCUT2D eigenvalue weighted by Crippen LogP contribution is 2.21. The molecule has 19 heavy (non-hydrogen) atoms. The van der Waals surface area contributed by atoms with E-state index in [1.165, 1.54) is 70.6 Å². The molecular weight excluding hydrogens is 252 g/mol. The normalized spacial score (nSPS) is 21.2. The summed E-state index contributed by atoms with van der Waals surface area (Å²) >= 11 is 2.17. The summed E-state index contributed by atoms with van der Waals surface area (Å²) in [5, 5.41) is 4.42. The molecule has 3 heteroatoms. The van der Waals surface area contributed by atoms with Gasteiger partial charge in [-0.1, -0.05) is 33.6 Å². The van der Waals surface area contributed by atoms with E-state index in [0.29, 0.717) is 0 Å². The molecule has 0 bridgehead atoms. The van der Waals surface area contributed by atoms with Gasteiger partial charge in [-0.05, 0) is 44.8 Å². The second kappa shape index (κ2) is 11.0. The van der Waals surface area contributed by atoms with Crippen LogP contribution in [0.4, 0.5) is 0 Å². The Labute approximate surface area is 125 Å². The van der Waals surface area contributed by atoms with Gasteiger partial charge in [-0.3, -0.25) is 0 Å². The quantitative estimate of drug-likeness (QED) is 0.618. The van der Waals surface area contributed by atoms with Crippen LogP contribution in [-0.4, -0.2) is 48.6 Å². The summed E-state index contributed by atoms with van der Waals surface area (Å²) in [6.45, 7) is 13.2. The van der Waals surface area contributed by atoms with Gasteiger partial charge < -0.3 is 10.2 Å². The Hall–Kier alpha value is 0.270. The minimum atomic E-state index is 0.781. The Morgan fingerprint density at radius 1 is 1.21 bits per heavy atom. The van der Waals surface area contributed by atoms with E-state index in [4.69, 9.17) is 0 Å². The number of nitrogens with zero attached hydrogens (tertiary/aromatic N) is 1. The molecule has 1 unspecified atom stereocenters. The zero-order valence-corrected chi connectivity index (χ0v) is 14.1. The monoisotopic (exact) mass is 286 g/mol. The van der Waals surface area contributed by atoms with Crippen LogP contribution in [0.15, 0.2) is 0 Å². The van der Waals surface area contributed by atoms with Crippen LogP contribution in [0.3, 0.4) is 0 Å². The number of rotatable bonds is 10. The van der Waals surface area contributed by atoms with E-state index in [9.17, 15) is 0 Å². The fourth-order valence-electron chi connectivity index (χ4n) is 2.56. The molecule has 0 spiro atoms. The highest BCUT2D eigenvalue weighted by atomic mass is 32.2. The Bertz CT molecular complexity index is 209. The SMILES string of the molecule is CCC1CN(CCCCCCNCC(C)C)CCS1. The standard InChI is InChI=1S/C16H34N2S/c1-4-16-14-18(11-12-19-16)10-8-6-5-7-9-17-13-15(2)3/h15-17H,4-14H2,1-3H3. The maximum absolute atomic E-state index is 3.53. The highest BCUT2D eigenvalue weighted by molar-refractivity contribution is 8.00. The Morgan fingerprint density at radius 3 is 2.74 bits per heavy atom. The van der Waals surface area contributed by atoms with Gasteiger partial charge in [-0.2, -0.15) is 11.8 Å². The second-order valence-electron chi connectivity index (χ2n) is 6.21. The van der Waals surface area contributed by atoms with E-state index in [1.54, 1.807) is 0 Å². The first kappa shape index (κ1) is 17.3. The van der Waals surface area contributed by atoms with Gasteiger partial charge in [0.05, 0.1) is 0 Å².